The molecule has 0 radical (unpaired) electrons. The fourth-order valence-electron chi connectivity index (χ4n) is 2.55. The predicted octanol–water partition coefficient (Wildman–Crippen LogP) is 2.16. The van der Waals surface area contributed by atoms with Crippen LogP contribution in [0.1, 0.15) is 17.4 Å². The summed E-state index contributed by atoms with van der Waals surface area (Å²) in [7, 11) is 1.34. The first-order chi connectivity index (χ1) is 10.7. The van der Waals surface area contributed by atoms with Crippen LogP contribution in [0, 0.1) is 0 Å². The molecule has 0 bridgehead atoms. The summed E-state index contributed by atoms with van der Waals surface area (Å²) < 4.78 is 10.5. The van der Waals surface area contributed by atoms with E-state index >= 15 is 0 Å². The number of carbonyl (C=O) groups excluding carboxylic acids is 1. The molecule has 0 amide bonds. The summed E-state index contributed by atoms with van der Waals surface area (Å²) in [5, 5.41) is 13.0. The summed E-state index contributed by atoms with van der Waals surface area (Å²) in [6, 6.07) is 14.4. The lowest BCUT2D eigenvalue weighted by Crippen LogP contribution is -2.45. The zero-order valence-corrected chi connectivity index (χ0v) is 12.2. The Labute approximate surface area is 128 Å². The molecule has 5 nitrogen and oxygen atoms in total. The van der Waals surface area contributed by atoms with E-state index in [9.17, 15) is 9.90 Å². The smallest absolute Gasteiger partial charge is 0.323 e. The van der Waals surface area contributed by atoms with Crippen molar-refractivity contribution >= 4 is 5.97 Å². The summed E-state index contributed by atoms with van der Waals surface area (Å²) in [5.74, 6) is 0.991. The average molecular weight is 299 g/mol. The first-order valence-electron chi connectivity index (χ1n) is 7.05. The normalized spacial score (nSPS) is 20.1. The number of methoxy groups -OCH3 is 1. The van der Waals surface area contributed by atoms with Crippen LogP contribution in [0.3, 0.4) is 0 Å². The highest BCUT2D eigenvalue weighted by Gasteiger charge is 2.30. The van der Waals surface area contributed by atoms with Gasteiger partial charge in [0, 0.05) is 5.56 Å². The Bertz CT molecular complexity index is 672. The molecule has 0 aliphatic carbocycles. The second-order valence-electron chi connectivity index (χ2n) is 5.12. The second-order valence-corrected chi connectivity index (χ2v) is 5.12. The van der Waals surface area contributed by atoms with Gasteiger partial charge in [0.25, 0.3) is 0 Å². The van der Waals surface area contributed by atoms with Crippen LogP contribution in [-0.2, 0) is 16.0 Å². The van der Waals surface area contributed by atoms with E-state index < -0.39 is 12.3 Å². The molecule has 0 fully saturated rings. The van der Waals surface area contributed by atoms with Crippen LogP contribution in [0.2, 0.25) is 0 Å². The molecule has 22 heavy (non-hydrogen) atoms. The van der Waals surface area contributed by atoms with Crippen molar-refractivity contribution in [2.45, 2.75) is 18.7 Å². The third-order valence-electron chi connectivity index (χ3n) is 3.66. The molecule has 3 rings (SSSR count). The summed E-state index contributed by atoms with van der Waals surface area (Å²) in [6.07, 6.45) is -0.447. The Kier molecular flexibility index (Phi) is 4.09. The maximum atomic E-state index is 11.6. The number of aliphatic hydroxyl groups excluding tert-OH is 1. The van der Waals surface area contributed by atoms with Gasteiger partial charge in [-0.05, 0) is 36.2 Å². The molecule has 1 heterocycles. The van der Waals surface area contributed by atoms with Gasteiger partial charge in [-0.1, -0.05) is 24.3 Å². The summed E-state index contributed by atoms with van der Waals surface area (Å²) in [5.41, 5.74) is 1.62. The first-order valence-corrected chi connectivity index (χ1v) is 7.05. The van der Waals surface area contributed by atoms with Gasteiger partial charge in [0.15, 0.2) is 0 Å². The van der Waals surface area contributed by atoms with E-state index in [1.165, 1.54) is 7.11 Å². The average Bonchev–Trinajstić information content (AvgIpc) is 2.55. The van der Waals surface area contributed by atoms with Gasteiger partial charge in [-0.25, -0.2) is 0 Å². The molecular weight excluding hydrogens is 282 g/mol. The van der Waals surface area contributed by atoms with E-state index in [-0.39, 0.29) is 5.97 Å². The van der Waals surface area contributed by atoms with Gasteiger partial charge < -0.3 is 14.6 Å². The largest absolute Gasteiger partial charge is 0.468 e. The number of ether oxygens (including phenoxy) is 2. The quantitative estimate of drug-likeness (QED) is 0.850. The number of rotatable bonds is 3. The van der Waals surface area contributed by atoms with E-state index in [2.05, 4.69) is 5.32 Å². The van der Waals surface area contributed by atoms with E-state index in [1.54, 1.807) is 6.07 Å². The number of hydrogen-bond acceptors (Lipinski definition) is 5. The van der Waals surface area contributed by atoms with Crippen molar-refractivity contribution in [2.75, 3.05) is 7.11 Å². The molecule has 2 N–H and O–H groups in total. The Hall–Kier alpha value is -2.37. The fraction of sp³-hybridized carbons (Fsp3) is 0.235. The van der Waals surface area contributed by atoms with Crippen molar-refractivity contribution in [3.63, 3.8) is 0 Å². The van der Waals surface area contributed by atoms with Crippen molar-refractivity contribution in [2.24, 2.45) is 0 Å². The molecule has 2 unspecified atom stereocenters. The van der Waals surface area contributed by atoms with Crippen LogP contribution in [0.5, 0.6) is 11.5 Å². The molecule has 0 saturated carbocycles. The third-order valence-corrected chi connectivity index (χ3v) is 3.66. The second kappa shape index (κ2) is 6.17. The lowest BCUT2D eigenvalue weighted by atomic mass is 9.94. The Morgan fingerprint density at radius 2 is 1.95 bits per heavy atom. The van der Waals surface area contributed by atoms with Crippen molar-refractivity contribution in [3.05, 3.63) is 59.7 Å². The molecule has 1 aliphatic heterocycles. The summed E-state index contributed by atoms with van der Waals surface area (Å²) in [6.45, 7) is 0. The van der Waals surface area contributed by atoms with Crippen LogP contribution >= 0.6 is 0 Å². The highest BCUT2D eigenvalue weighted by atomic mass is 16.5. The molecule has 114 valence electrons. The molecule has 2 atom stereocenters. The molecule has 2 aromatic rings. The number of benzene rings is 2. The molecular formula is C17H17NO4. The number of fused-ring (bicyclic) bond motifs is 1. The summed E-state index contributed by atoms with van der Waals surface area (Å²) >= 11 is 0. The SMILES string of the molecule is COC(=O)C1Cc2ccc(Oc3ccccc3)cc2C(O)N1. The van der Waals surface area contributed by atoms with Crippen molar-refractivity contribution in [1.82, 2.24) is 5.32 Å². The maximum absolute atomic E-state index is 11.6. The highest BCUT2D eigenvalue weighted by Crippen LogP contribution is 2.30. The minimum Gasteiger partial charge on any atom is -0.468 e. The van der Waals surface area contributed by atoms with E-state index in [0.717, 1.165) is 11.3 Å². The van der Waals surface area contributed by atoms with Gasteiger partial charge in [-0.2, -0.15) is 0 Å². The Morgan fingerprint density at radius 3 is 2.68 bits per heavy atom. The minimum absolute atomic E-state index is 0.380. The number of para-hydroxylation sites is 1. The molecule has 0 aromatic heterocycles. The van der Waals surface area contributed by atoms with Gasteiger partial charge in [-0.15, -0.1) is 0 Å². The predicted molar refractivity (Wildman–Crippen MR) is 80.6 cm³/mol. The van der Waals surface area contributed by atoms with E-state index in [0.29, 0.717) is 17.7 Å². The number of hydrogen-bond donors (Lipinski definition) is 2. The van der Waals surface area contributed by atoms with Crippen molar-refractivity contribution in [1.29, 1.82) is 0 Å². The molecule has 1 aliphatic rings. The number of nitrogens with one attached hydrogen (secondary N) is 1. The molecule has 5 heteroatoms. The number of carbonyl (C=O) groups is 1. The number of aliphatic hydroxyl groups is 1. The van der Waals surface area contributed by atoms with Crippen LogP contribution in [0.4, 0.5) is 0 Å². The topological polar surface area (TPSA) is 67.8 Å². The monoisotopic (exact) mass is 299 g/mol. The molecule has 0 spiro atoms. The van der Waals surface area contributed by atoms with Crippen LogP contribution in [0.25, 0.3) is 0 Å². The molecule has 2 aromatic carbocycles. The first kappa shape index (κ1) is 14.6. The summed E-state index contributed by atoms with van der Waals surface area (Å²) in [4.78, 5) is 11.6. The fourth-order valence-corrected chi connectivity index (χ4v) is 2.55. The highest BCUT2D eigenvalue weighted by molar-refractivity contribution is 5.76. The lowest BCUT2D eigenvalue weighted by Gasteiger charge is -2.28. The maximum Gasteiger partial charge on any atom is 0.323 e. The van der Waals surface area contributed by atoms with Gasteiger partial charge in [0.2, 0.25) is 0 Å². The van der Waals surface area contributed by atoms with Gasteiger partial charge in [0.05, 0.1) is 7.11 Å². The number of esters is 1. The van der Waals surface area contributed by atoms with Crippen LogP contribution in [0.15, 0.2) is 48.5 Å². The van der Waals surface area contributed by atoms with Crippen molar-refractivity contribution < 1.29 is 19.4 Å². The van der Waals surface area contributed by atoms with Crippen LogP contribution in [-0.4, -0.2) is 24.2 Å². The lowest BCUT2D eigenvalue weighted by molar-refractivity contribution is -0.144. The standard InChI is InChI=1S/C17H17NO4/c1-21-17(20)15-9-11-7-8-13(10-14(11)16(19)18-15)22-12-5-3-2-4-6-12/h2-8,10,15-16,18-19H,9H2,1H3. The zero-order chi connectivity index (χ0) is 15.5. The van der Waals surface area contributed by atoms with Gasteiger partial charge in [0.1, 0.15) is 23.8 Å². The minimum atomic E-state index is -0.924. The zero-order valence-electron chi connectivity index (χ0n) is 12.2. The van der Waals surface area contributed by atoms with Crippen LogP contribution < -0.4 is 10.1 Å². The van der Waals surface area contributed by atoms with E-state index in [1.807, 2.05) is 42.5 Å². The van der Waals surface area contributed by atoms with Gasteiger partial charge in [-0.3, -0.25) is 10.1 Å². The third kappa shape index (κ3) is 2.95. The Balaban J connectivity index is 1.82. The Morgan fingerprint density at radius 1 is 1.18 bits per heavy atom. The van der Waals surface area contributed by atoms with Gasteiger partial charge >= 0.3 is 5.97 Å². The van der Waals surface area contributed by atoms with Crippen molar-refractivity contribution in [3.8, 4) is 11.5 Å². The van der Waals surface area contributed by atoms with E-state index in [4.69, 9.17) is 9.47 Å². The molecule has 0 saturated heterocycles.